The van der Waals surface area contributed by atoms with Crippen LogP contribution in [0.25, 0.3) is 11.4 Å². The van der Waals surface area contributed by atoms with Crippen LogP contribution in [0.2, 0.25) is 0 Å². The Balaban J connectivity index is 2.48. The van der Waals surface area contributed by atoms with Gasteiger partial charge in [0.25, 0.3) is 0 Å². The lowest BCUT2D eigenvalue weighted by molar-refractivity contribution is 0.415. The van der Waals surface area contributed by atoms with Gasteiger partial charge in [-0.2, -0.15) is 0 Å². The van der Waals surface area contributed by atoms with Crippen molar-refractivity contribution in [3.05, 3.63) is 36.0 Å². The molecule has 4 heteroatoms. The zero-order chi connectivity index (χ0) is 14.5. The molecule has 0 atom stereocenters. The van der Waals surface area contributed by atoms with Crippen LogP contribution in [0.1, 0.15) is 32.4 Å². The molecule has 20 heavy (non-hydrogen) atoms. The summed E-state index contributed by atoms with van der Waals surface area (Å²) in [5, 5.41) is 3.26. The van der Waals surface area contributed by atoms with Crippen LogP contribution in [0.3, 0.4) is 0 Å². The van der Waals surface area contributed by atoms with E-state index in [9.17, 15) is 0 Å². The molecular formula is C16H21N3O. The number of nitrogens with one attached hydrogen (secondary N) is 1. The number of hydrogen-bond acceptors (Lipinski definition) is 4. The molecule has 1 aromatic heterocycles. The first kappa shape index (κ1) is 14.3. The zero-order valence-electron chi connectivity index (χ0n) is 12.5. The van der Waals surface area contributed by atoms with Crippen molar-refractivity contribution in [1.29, 1.82) is 0 Å². The second-order valence-corrected chi connectivity index (χ2v) is 4.92. The van der Waals surface area contributed by atoms with E-state index in [4.69, 9.17) is 4.74 Å². The highest BCUT2D eigenvalue weighted by Gasteiger charge is 2.09. The van der Waals surface area contributed by atoms with Crippen LogP contribution >= 0.6 is 0 Å². The van der Waals surface area contributed by atoms with Crippen LogP contribution < -0.4 is 10.1 Å². The smallest absolute Gasteiger partial charge is 0.161 e. The lowest BCUT2D eigenvalue weighted by Gasteiger charge is -2.11. The van der Waals surface area contributed by atoms with Gasteiger partial charge in [0.15, 0.2) is 5.82 Å². The van der Waals surface area contributed by atoms with Crippen molar-refractivity contribution < 1.29 is 4.74 Å². The summed E-state index contributed by atoms with van der Waals surface area (Å²) in [5.41, 5.74) is 2.00. The summed E-state index contributed by atoms with van der Waals surface area (Å²) in [6, 6.07) is 9.83. The van der Waals surface area contributed by atoms with E-state index in [0.717, 1.165) is 35.2 Å². The highest BCUT2D eigenvalue weighted by molar-refractivity contribution is 5.60. The van der Waals surface area contributed by atoms with Gasteiger partial charge in [0.1, 0.15) is 11.6 Å². The molecular weight excluding hydrogens is 250 g/mol. The number of hydrogen-bond donors (Lipinski definition) is 1. The minimum atomic E-state index is 0.361. The molecule has 0 radical (unpaired) electrons. The predicted octanol–water partition coefficient (Wildman–Crippen LogP) is 3.71. The molecule has 106 valence electrons. The van der Waals surface area contributed by atoms with Gasteiger partial charge in [-0.1, -0.05) is 26.0 Å². The van der Waals surface area contributed by atoms with Crippen molar-refractivity contribution in [3.63, 3.8) is 0 Å². The third-order valence-electron chi connectivity index (χ3n) is 3.02. The Bertz CT molecular complexity index is 582. The summed E-state index contributed by atoms with van der Waals surface area (Å²) in [6.45, 7) is 7.16. The number of methoxy groups -OCH3 is 1. The van der Waals surface area contributed by atoms with Gasteiger partial charge in [-0.25, -0.2) is 9.97 Å². The average molecular weight is 271 g/mol. The highest BCUT2D eigenvalue weighted by Crippen LogP contribution is 2.24. The minimum absolute atomic E-state index is 0.361. The highest BCUT2D eigenvalue weighted by atomic mass is 16.5. The van der Waals surface area contributed by atoms with Crippen molar-refractivity contribution in [2.75, 3.05) is 19.0 Å². The van der Waals surface area contributed by atoms with Gasteiger partial charge in [-0.05, 0) is 25.0 Å². The lowest BCUT2D eigenvalue weighted by atomic mass is 10.1. The van der Waals surface area contributed by atoms with Crippen LogP contribution in [0, 0.1) is 0 Å². The van der Waals surface area contributed by atoms with Gasteiger partial charge in [0.05, 0.1) is 7.11 Å². The van der Waals surface area contributed by atoms with E-state index in [1.165, 1.54) is 0 Å². The number of ether oxygens (including phenoxy) is 1. The first-order chi connectivity index (χ1) is 9.63. The van der Waals surface area contributed by atoms with Gasteiger partial charge in [-0.15, -0.1) is 0 Å². The fourth-order valence-corrected chi connectivity index (χ4v) is 1.92. The van der Waals surface area contributed by atoms with E-state index in [1.807, 2.05) is 30.3 Å². The monoisotopic (exact) mass is 271 g/mol. The Labute approximate surface area is 120 Å². The van der Waals surface area contributed by atoms with E-state index in [0.29, 0.717) is 5.92 Å². The number of benzene rings is 1. The second-order valence-electron chi connectivity index (χ2n) is 4.92. The minimum Gasteiger partial charge on any atom is -0.497 e. The summed E-state index contributed by atoms with van der Waals surface area (Å²) in [5.74, 6) is 2.76. The Kier molecular flexibility index (Phi) is 4.56. The SMILES string of the molecule is CCNc1cc(C(C)C)nc(-c2cccc(OC)c2)n1. The molecule has 1 heterocycles. The molecule has 1 N–H and O–H groups in total. The van der Waals surface area contributed by atoms with Gasteiger partial charge >= 0.3 is 0 Å². The van der Waals surface area contributed by atoms with Crippen molar-refractivity contribution >= 4 is 5.82 Å². The molecule has 0 spiro atoms. The molecule has 0 fully saturated rings. The molecule has 0 unspecified atom stereocenters. The van der Waals surface area contributed by atoms with Crippen LogP contribution in [0.4, 0.5) is 5.82 Å². The summed E-state index contributed by atoms with van der Waals surface area (Å²) in [4.78, 5) is 9.23. The topological polar surface area (TPSA) is 47.0 Å². The first-order valence-corrected chi connectivity index (χ1v) is 6.91. The van der Waals surface area contributed by atoms with Gasteiger partial charge in [-0.3, -0.25) is 0 Å². The second kappa shape index (κ2) is 6.37. The molecule has 0 amide bonds. The maximum atomic E-state index is 5.26. The molecule has 0 aliphatic rings. The quantitative estimate of drug-likeness (QED) is 0.900. The molecule has 4 nitrogen and oxygen atoms in total. The van der Waals surface area contributed by atoms with Crippen molar-refractivity contribution in [2.45, 2.75) is 26.7 Å². The summed E-state index contributed by atoms with van der Waals surface area (Å²) < 4.78 is 5.26. The Morgan fingerprint density at radius 3 is 2.65 bits per heavy atom. The lowest BCUT2D eigenvalue weighted by Crippen LogP contribution is -2.05. The van der Waals surface area contributed by atoms with E-state index in [-0.39, 0.29) is 0 Å². The molecule has 1 aromatic carbocycles. The third kappa shape index (κ3) is 3.26. The molecule has 2 aromatic rings. The van der Waals surface area contributed by atoms with Crippen molar-refractivity contribution in [2.24, 2.45) is 0 Å². The largest absolute Gasteiger partial charge is 0.497 e. The van der Waals surface area contributed by atoms with E-state index >= 15 is 0 Å². The number of anilines is 1. The van der Waals surface area contributed by atoms with E-state index < -0.39 is 0 Å². The van der Waals surface area contributed by atoms with Gasteiger partial charge in [0.2, 0.25) is 0 Å². The fourth-order valence-electron chi connectivity index (χ4n) is 1.92. The van der Waals surface area contributed by atoms with Crippen molar-refractivity contribution in [1.82, 2.24) is 9.97 Å². The number of aromatic nitrogens is 2. The third-order valence-corrected chi connectivity index (χ3v) is 3.02. The summed E-state index contributed by atoms with van der Waals surface area (Å²) in [7, 11) is 1.66. The Hall–Kier alpha value is -2.10. The van der Waals surface area contributed by atoms with Crippen LogP contribution in [-0.4, -0.2) is 23.6 Å². The first-order valence-electron chi connectivity index (χ1n) is 6.91. The van der Waals surface area contributed by atoms with Crippen molar-refractivity contribution in [3.8, 4) is 17.1 Å². The van der Waals surface area contributed by atoms with Gasteiger partial charge < -0.3 is 10.1 Å². The molecule has 0 saturated heterocycles. The number of rotatable bonds is 5. The molecule has 2 rings (SSSR count). The normalized spacial score (nSPS) is 10.7. The standard InChI is InChI=1S/C16H21N3O/c1-5-17-15-10-14(11(2)3)18-16(19-15)12-7-6-8-13(9-12)20-4/h6-11H,5H2,1-4H3,(H,17,18,19). The van der Waals surface area contributed by atoms with Gasteiger partial charge in [0, 0.05) is 23.9 Å². The van der Waals surface area contributed by atoms with E-state index in [1.54, 1.807) is 7.11 Å². The molecule has 0 saturated carbocycles. The molecule has 0 bridgehead atoms. The predicted molar refractivity (Wildman–Crippen MR) is 82.3 cm³/mol. The maximum Gasteiger partial charge on any atom is 0.161 e. The Morgan fingerprint density at radius 1 is 1.20 bits per heavy atom. The molecule has 0 aliphatic carbocycles. The zero-order valence-corrected chi connectivity index (χ0v) is 12.5. The molecule has 0 aliphatic heterocycles. The summed E-state index contributed by atoms with van der Waals surface area (Å²) in [6.07, 6.45) is 0. The van der Waals surface area contributed by atoms with Crippen LogP contribution in [0.15, 0.2) is 30.3 Å². The van der Waals surface area contributed by atoms with E-state index in [2.05, 4.69) is 36.1 Å². The van der Waals surface area contributed by atoms with Crippen LogP contribution in [-0.2, 0) is 0 Å². The fraction of sp³-hybridized carbons (Fsp3) is 0.375. The summed E-state index contributed by atoms with van der Waals surface area (Å²) >= 11 is 0. The maximum absolute atomic E-state index is 5.26. The Morgan fingerprint density at radius 2 is 2.00 bits per heavy atom. The average Bonchev–Trinajstić information content (AvgIpc) is 2.47. The number of nitrogens with zero attached hydrogens (tertiary/aromatic N) is 2. The van der Waals surface area contributed by atoms with Crippen LogP contribution in [0.5, 0.6) is 5.75 Å².